The van der Waals surface area contributed by atoms with Crippen LogP contribution in [0.15, 0.2) is 0 Å². The van der Waals surface area contributed by atoms with E-state index in [9.17, 15) is 21.6 Å². The van der Waals surface area contributed by atoms with Crippen molar-refractivity contribution in [1.82, 2.24) is 4.72 Å². The van der Waals surface area contributed by atoms with Crippen molar-refractivity contribution in [2.45, 2.75) is 44.3 Å². The molecule has 108 valence electrons. The molecule has 0 saturated heterocycles. The fourth-order valence-electron chi connectivity index (χ4n) is 2.09. The maximum absolute atomic E-state index is 11.9. The summed E-state index contributed by atoms with van der Waals surface area (Å²) < 4.78 is 60.9. The van der Waals surface area contributed by atoms with Crippen LogP contribution in [0.3, 0.4) is 0 Å². The molecule has 1 aliphatic rings. The van der Waals surface area contributed by atoms with Gasteiger partial charge in [0.25, 0.3) is 0 Å². The number of hydrogen-bond acceptors (Lipinski definition) is 3. The van der Waals surface area contributed by atoms with Gasteiger partial charge in [0.15, 0.2) is 0 Å². The normalized spacial score (nSPS) is 25.6. The van der Waals surface area contributed by atoms with Crippen molar-refractivity contribution in [2.24, 2.45) is 11.7 Å². The number of rotatable bonds is 6. The van der Waals surface area contributed by atoms with E-state index in [0.717, 1.165) is 19.3 Å². The van der Waals surface area contributed by atoms with E-state index in [1.165, 1.54) is 0 Å². The Morgan fingerprint density at radius 1 is 1.28 bits per heavy atom. The predicted octanol–water partition coefficient (Wildman–Crippen LogP) is 1.38. The molecule has 1 aliphatic carbocycles. The monoisotopic (exact) mass is 288 g/mol. The Kier molecular flexibility index (Phi) is 5.42. The molecule has 4 nitrogen and oxygen atoms in total. The van der Waals surface area contributed by atoms with Gasteiger partial charge in [-0.2, -0.15) is 13.2 Å². The Morgan fingerprint density at radius 2 is 1.94 bits per heavy atom. The lowest BCUT2D eigenvalue weighted by Crippen LogP contribution is -2.37. The lowest BCUT2D eigenvalue weighted by Gasteiger charge is -2.16. The minimum atomic E-state index is -4.30. The summed E-state index contributed by atoms with van der Waals surface area (Å²) in [6.07, 6.45) is -3.07. The molecule has 2 unspecified atom stereocenters. The zero-order valence-electron chi connectivity index (χ0n) is 10.0. The van der Waals surface area contributed by atoms with Crippen LogP contribution >= 0.6 is 0 Å². The maximum Gasteiger partial charge on any atom is 0.389 e. The van der Waals surface area contributed by atoms with Gasteiger partial charge in [-0.1, -0.05) is 6.42 Å². The molecule has 1 rings (SSSR count). The molecule has 0 bridgehead atoms. The summed E-state index contributed by atoms with van der Waals surface area (Å²) in [5.74, 6) is -0.392. The summed E-state index contributed by atoms with van der Waals surface area (Å²) in [7, 11) is -3.62. The van der Waals surface area contributed by atoms with Gasteiger partial charge in [-0.3, -0.25) is 0 Å². The summed E-state index contributed by atoms with van der Waals surface area (Å²) >= 11 is 0. The van der Waals surface area contributed by atoms with Crippen molar-refractivity contribution in [3.05, 3.63) is 0 Å². The number of hydrogen-bond donors (Lipinski definition) is 2. The van der Waals surface area contributed by atoms with E-state index >= 15 is 0 Å². The molecule has 0 aromatic carbocycles. The van der Waals surface area contributed by atoms with Crippen LogP contribution in [0.25, 0.3) is 0 Å². The van der Waals surface area contributed by atoms with Crippen molar-refractivity contribution in [3.8, 4) is 0 Å². The molecule has 3 N–H and O–H groups in total. The summed E-state index contributed by atoms with van der Waals surface area (Å²) in [6, 6.07) is -0.0112. The average Bonchev–Trinajstić information content (AvgIpc) is 2.59. The highest BCUT2D eigenvalue weighted by Gasteiger charge is 2.28. The molecule has 0 spiro atoms. The van der Waals surface area contributed by atoms with Crippen LogP contribution in [0.1, 0.15) is 32.1 Å². The highest BCUT2D eigenvalue weighted by molar-refractivity contribution is 7.89. The van der Waals surface area contributed by atoms with Crippen LogP contribution in [-0.2, 0) is 10.0 Å². The zero-order chi connectivity index (χ0) is 13.8. The maximum atomic E-state index is 11.9. The molecular weight excluding hydrogens is 269 g/mol. The second-order valence-corrected chi connectivity index (χ2v) is 6.67. The lowest BCUT2D eigenvalue weighted by atomic mass is 10.1. The first-order valence-electron chi connectivity index (χ1n) is 5.99. The number of nitrogens with two attached hydrogens (primary N) is 1. The molecule has 1 fully saturated rings. The van der Waals surface area contributed by atoms with Crippen molar-refractivity contribution in [1.29, 1.82) is 0 Å². The standard InChI is InChI=1S/C10H19F3N2O2S/c11-10(12,13)5-2-6-18(16,17)15-7-8-3-1-4-9(8)14/h8-9,15H,1-7,14H2. The summed E-state index contributed by atoms with van der Waals surface area (Å²) in [6.45, 7) is 0.232. The summed E-state index contributed by atoms with van der Waals surface area (Å²) in [5, 5.41) is 0. The molecule has 1 saturated carbocycles. The molecule has 0 heterocycles. The molecule has 18 heavy (non-hydrogen) atoms. The van der Waals surface area contributed by atoms with Gasteiger partial charge in [0.2, 0.25) is 10.0 Å². The molecule has 8 heteroatoms. The molecule has 0 aromatic rings. The van der Waals surface area contributed by atoms with Gasteiger partial charge in [0.1, 0.15) is 0 Å². The van der Waals surface area contributed by atoms with Gasteiger partial charge >= 0.3 is 6.18 Å². The number of halogens is 3. The number of sulfonamides is 1. The Hall–Kier alpha value is -0.340. The van der Waals surface area contributed by atoms with E-state index in [0.29, 0.717) is 0 Å². The van der Waals surface area contributed by atoms with Crippen LogP contribution in [0.2, 0.25) is 0 Å². The first kappa shape index (κ1) is 15.7. The largest absolute Gasteiger partial charge is 0.389 e. The van der Waals surface area contributed by atoms with E-state index in [-0.39, 0.29) is 18.5 Å². The topological polar surface area (TPSA) is 72.2 Å². The molecule has 0 amide bonds. The van der Waals surface area contributed by atoms with E-state index in [4.69, 9.17) is 5.73 Å². The summed E-state index contributed by atoms with van der Waals surface area (Å²) in [4.78, 5) is 0. The molecular formula is C10H19F3N2O2S. The smallest absolute Gasteiger partial charge is 0.327 e. The fraction of sp³-hybridized carbons (Fsp3) is 1.00. The van der Waals surface area contributed by atoms with E-state index in [2.05, 4.69) is 4.72 Å². The Morgan fingerprint density at radius 3 is 2.44 bits per heavy atom. The minimum absolute atomic E-state index is 0.0112. The van der Waals surface area contributed by atoms with Crippen molar-refractivity contribution in [3.63, 3.8) is 0 Å². The first-order chi connectivity index (χ1) is 8.20. The molecule has 0 radical (unpaired) electrons. The Bertz CT molecular complexity index is 357. The van der Waals surface area contributed by atoms with Crippen LogP contribution < -0.4 is 10.5 Å². The third-order valence-electron chi connectivity index (χ3n) is 3.16. The zero-order valence-corrected chi connectivity index (χ0v) is 10.9. The van der Waals surface area contributed by atoms with Gasteiger partial charge in [0, 0.05) is 19.0 Å². The third kappa shape index (κ3) is 6.01. The predicted molar refractivity (Wildman–Crippen MR) is 62.4 cm³/mol. The second-order valence-electron chi connectivity index (χ2n) is 4.74. The molecule has 2 atom stereocenters. The first-order valence-corrected chi connectivity index (χ1v) is 7.64. The average molecular weight is 288 g/mol. The highest BCUT2D eigenvalue weighted by Crippen LogP contribution is 2.24. The molecule has 0 aliphatic heterocycles. The van der Waals surface area contributed by atoms with Gasteiger partial charge in [-0.25, -0.2) is 13.1 Å². The Balaban J connectivity index is 2.27. The Labute approximate surface area is 105 Å². The number of nitrogens with one attached hydrogen (secondary N) is 1. The van der Waals surface area contributed by atoms with Gasteiger partial charge in [-0.05, 0) is 25.2 Å². The lowest BCUT2D eigenvalue weighted by molar-refractivity contribution is -0.134. The van der Waals surface area contributed by atoms with Crippen LogP contribution in [0.5, 0.6) is 0 Å². The van der Waals surface area contributed by atoms with Gasteiger partial charge in [-0.15, -0.1) is 0 Å². The van der Waals surface area contributed by atoms with Crippen LogP contribution in [0.4, 0.5) is 13.2 Å². The van der Waals surface area contributed by atoms with Crippen LogP contribution in [-0.4, -0.2) is 32.9 Å². The van der Waals surface area contributed by atoms with E-state index in [1.807, 2.05) is 0 Å². The van der Waals surface area contributed by atoms with Gasteiger partial charge < -0.3 is 5.73 Å². The van der Waals surface area contributed by atoms with Crippen molar-refractivity contribution < 1.29 is 21.6 Å². The van der Waals surface area contributed by atoms with Gasteiger partial charge in [0.05, 0.1) is 5.75 Å². The molecule has 0 aromatic heterocycles. The number of alkyl halides is 3. The second kappa shape index (κ2) is 6.21. The highest BCUT2D eigenvalue weighted by atomic mass is 32.2. The van der Waals surface area contributed by atoms with E-state index < -0.39 is 34.8 Å². The summed E-state index contributed by atoms with van der Waals surface area (Å²) in [5.41, 5.74) is 5.78. The minimum Gasteiger partial charge on any atom is -0.327 e. The quantitative estimate of drug-likeness (QED) is 0.775. The van der Waals surface area contributed by atoms with Crippen LogP contribution in [0, 0.1) is 5.92 Å². The third-order valence-corrected chi connectivity index (χ3v) is 4.59. The van der Waals surface area contributed by atoms with Crippen molar-refractivity contribution in [2.75, 3.05) is 12.3 Å². The fourth-order valence-corrected chi connectivity index (χ4v) is 3.22. The van der Waals surface area contributed by atoms with E-state index in [1.54, 1.807) is 0 Å². The SMILES string of the molecule is NC1CCCC1CNS(=O)(=O)CCCC(F)(F)F. The van der Waals surface area contributed by atoms with Crippen molar-refractivity contribution >= 4 is 10.0 Å².